The molecule has 0 radical (unpaired) electrons. The maximum atomic E-state index is 12.6. The number of halogens is 1. The smallest absolute Gasteiger partial charge is 0.268 e. The minimum absolute atomic E-state index is 0.0896. The fourth-order valence-electron chi connectivity index (χ4n) is 3.03. The van der Waals surface area contributed by atoms with E-state index in [4.69, 9.17) is 11.6 Å². The zero-order valence-corrected chi connectivity index (χ0v) is 15.1. The van der Waals surface area contributed by atoms with Gasteiger partial charge in [0.25, 0.3) is 5.91 Å². The Hall–Kier alpha value is -2.27. The van der Waals surface area contributed by atoms with Crippen molar-refractivity contribution < 1.29 is 4.79 Å². The molecule has 0 aliphatic rings. The lowest BCUT2D eigenvalue weighted by molar-refractivity contribution is 0.0940. The molecule has 1 atom stereocenters. The van der Waals surface area contributed by atoms with Gasteiger partial charge in [0.2, 0.25) is 0 Å². The summed E-state index contributed by atoms with van der Waals surface area (Å²) < 4.78 is 3.81. The maximum Gasteiger partial charge on any atom is 0.268 e. The molecule has 0 saturated heterocycles. The lowest BCUT2D eigenvalue weighted by atomic mass is 10.2. The Kier molecular flexibility index (Phi) is 4.37. The van der Waals surface area contributed by atoms with Crippen molar-refractivity contribution in [2.24, 2.45) is 7.05 Å². The third-order valence-electron chi connectivity index (χ3n) is 4.26. The van der Waals surface area contributed by atoms with Crippen LogP contribution in [0.1, 0.15) is 34.8 Å². The van der Waals surface area contributed by atoms with Crippen LogP contribution >= 0.6 is 11.6 Å². The molecule has 0 aliphatic heterocycles. The molecule has 5 nitrogen and oxygen atoms in total. The Morgan fingerprint density at radius 2 is 2.04 bits per heavy atom. The summed E-state index contributed by atoms with van der Waals surface area (Å²) in [6, 6.07) is 9.63. The largest absolute Gasteiger partial charge is 0.349 e. The Morgan fingerprint density at radius 1 is 1.29 bits per heavy atom. The van der Waals surface area contributed by atoms with Crippen LogP contribution < -0.4 is 5.32 Å². The molecular formula is C18H21ClN4O. The van der Waals surface area contributed by atoms with Gasteiger partial charge in [-0.3, -0.25) is 9.48 Å². The van der Waals surface area contributed by atoms with Gasteiger partial charge >= 0.3 is 0 Å². The van der Waals surface area contributed by atoms with Gasteiger partial charge in [0.1, 0.15) is 5.69 Å². The number of aryl methyl sites for hydroxylation is 3. The van der Waals surface area contributed by atoms with Crippen molar-refractivity contribution in [1.82, 2.24) is 19.7 Å². The van der Waals surface area contributed by atoms with Crippen LogP contribution in [0.5, 0.6) is 0 Å². The fraction of sp³-hybridized carbons (Fsp3) is 0.333. The van der Waals surface area contributed by atoms with E-state index >= 15 is 0 Å². The molecular weight excluding hydrogens is 324 g/mol. The second kappa shape index (κ2) is 6.32. The molecule has 3 rings (SSSR count). The molecule has 1 N–H and O–H groups in total. The van der Waals surface area contributed by atoms with Crippen LogP contribution in [0.3, 0.4) is 0 Å². The lowest BCUT2D eigenvalue weighted by Crippen LogP contribution is -2.31. The first-order valence-corrected chi connectivity index (χ1v) is 8.30. The summed E-state index contributed by atoms with van der Waals surface area (Å²) in [4.78, 5) is 12.6. The Labute approximate surface area is 146 Å². The standard InChI is InChI=1S/C18H21ClN4O/c1-11-7-12(2)23(21-11)13(3)10-20-18(24)17-8-14-5-6-15(19)9-16(14)22(17)4/h5-9,13H,10H2,1-4H3,(H,20,24)/t13-/m1/s1. The molecule has 24 heavy (non-hydrogen) atoms. The Morgan fingerprint density at radius 3 is 2.71 bits per heavy atom. The summed E-state index contributed by atoms with van der Waals surface area (Å²) in [5.74, 6) is -0.0989. The van der Waals surface area contributed by atoms with Gasteiger partial charge in [0.05, 0.1) is 11.7 Å². The van der Waals surface area contributed by atoms with Crippen LogP contribution in [-0.4, -0.2) is 26.8 Å². The van der Waals surface area contributed by atoms with E-state index in [1.165, 1.54) is 0 Å². The van der Waals surface area contributed by atoms with Gasteiger partial charge < -0.3 is 9.88 Å². The van der Waals surface area contributed by atoms with Crippen LogP contribution in [0.25, 0.3) is 10.9 Å². The quantitative estimate of drug-likeness (QED) is 0.785. The van der Waals surface area contributed by atoms with Crippen LogP contribution in [0.4, 0.5) is 0 Å². The van der Waals surface area contributed by atoms with E-state index in [1.807, 2.05) is 67.4 Å². The van der Waals surface area contributed by atoms with Gasteiger partial charge in [0.15, 0.2) is 0 Å². The van der Waals surface area contributed by atoms with Gasteiger partial charge in [-0.05, 0) is 45.0 Å². The first kappa shape index (κ1) is 16.6. The van der Waals surface area contributed by atoms with Crippen LogP contribution in [0.2, 0.25) is 5.02 Å². The molecule has 6 heteroatoms. The molecule has 0 bridgehead atoms. The number of aromatic nitrogens is 3. The first-order valence-electron chi connectivity index (χ1n) is 7.92. The highest BCUT2D eigenvalue weighted by Crippen LogP contribution is 2.22. The van der Waals surface area contributed by atoms with Gasteiger partial charge in [-0.1, -0.05) is 17.7 Å². The number of hydrogen-bond donors (Lipinski definition) is 1. The molecule has 1 aromatic carbocycles. The van der Waals surface area contributed by atoms with Crippen molar-refractivity contribution >= 4 is 28.4 Å². The zero-order valence-electron chi connectivity index (χ0n) is 14.3. The topological polar surface area (TPSA) is 51.9 Å². The minimum Gasteiger partial charge on any atom is -0.349 e. The first-order chi connectivity index (χ1) is 11.4. The second-order valence-electron chi connectivity index (χ2n) is 6.22. The van der Waals surface area contributed by atoms with E-state index in [0.29, 0.717) is 17.3 Å². The van der Waals surface area contributed by atoms with Crippen molar-refractivity contribution in [2.75, 3.05) is 6.54 Å². The van der Waals surface area contributed by atoms with E-state index in [1.54, 1.807) is 0 Å². The number of rotatable bonds is 4. The molecule has 2 heterocycles. The van der Waals surface area contributed by atoms with Gasteiger partial charge in [-0.25, -0.2) is 0 Å². The number of nitrogens with zero attached hydrogens (tertiary/aromatic N) is 3. The molecule has 0 spiro atoms. The fourth-order valence-corrected chi connectivity index (χ4v) is 3.20. The summed E-state index contributed by atoms with van der Waals surface area (Å²) in [6.07, 6.45) is 0. The number of benzene rings is 1. The van der Waals surface area contributed by atoms with Crippen molar-refractivity contribution in [3.05, 3.63) is 52.4 Å². The Bertz CT molecular complexity index is 909. The van der Waals surface area contributed by atoms with Crippen molar-refractivity contribution in [3.8, 4) is 0 Å². The summed E-state index contributed by atoms with van der Waals surface area (Å²) in [5.41, 5.74) is 3.64. The zero-order chi connectivity index (χ0) is 17.4. The summed E-state index contributed by atoms with van der Waals surface area (Å²) in [6.45, 7) is 6.55. The molecule has 2 aromatic heterocycles. The van der Waals surface area contributed by atoms with Crippen LogP contribution in [0, 0.1) is 13.8 Å². The van der Waals surface area contributed by atoms with Crippen molar-refractivity contribution in [3.63, 3.8) is 0 Å². The number of hydrogen-bond acceptors (Lipinski definition) is 2. The van der Waals surface area contributed by atoms with E-state index in [9.17, 15) is 4.79 Å². The maximum absolute atomic E-state index is 12.6. The predicted molar refractivity (Wildman–Crippen MR) is 96.7 cm³/mol. The Balaban J connectivity index is 1.75. The van der Waals surface area contributed by atoms with Crippen LogP contribution in [0.15, 0.2) is 30.3 Å². The summed E-state index contributed by atoms with van der Waals surface area (Å²) in [7, 11) is 1.87. The average molecular weight is 345 g/mol. The van der Waals surface area contributed by atoms with Crippen molar-refractivity contribution in [2.45, 2.75) is 26.8 Å². The highest BCUT2D eigenvalue weighted by molar-refractivity contribution is 6.31. The molecule has 0 fully saturated rings. The monoisotopic (exact) mass is 344 g/mol. The number of nitrogens with one attached hydrogen (secondary N) is 1. The summed E-state index contributed by atoms with van der Waals surface area (Å²) >= 11 is 6.04. The van der Waals surface area contributed by atoms with Crippen molar-refractivity contribution in [1.29, 1.82) is 0 Å². The number of carbonyl (C=O) groups is 1. The average Bonchev–Trinajstić information content (AvgIpc) is 3.04. The third-order valence-corrected chi connectivity index (χ3v) is 4.50. The third kappa shape index (κ3) is 3.04. The molecule has 0 aliphatic carbocycles. The molecule has 0 saturated carbocycles. The molecule has 0 unspecified atom stereocenters. The lowest BCUT2D eigenvalue weighted by Gasteiger charge is -2.15. The highest BCUT2D eigenvalue weighted by atomic mass is 35.5. The van der Waals surface area contributed by atoms with Crippen LogP contribution in [-0.2, 0) is 7.05 Å². The van der Waals surface area contributed by atoms with E-state index in [0.717, 1.165) is 22.3 Å². The molecule has 3 aromatic rings. The van der Waals surface area contributed by atoms with Gasteiger partial charge in [0, 0.05) is 35.2 Å². The number of carbonyl (C=O) groups excluding carboxylic acids is 1. The SMILES string of the molecule is Cc1cc(C)n([C@H](C)CNC(=O)c2cc3ccc(Cl)cc3n2C)n1. The second-order valence-corrected chi connectivity index (χ2v) is 6.66. The van der Waals surface area contributed by atoms with E-state index < -0.39 is 0 Å². The predicted octanol–water partition coefficient (Wildman–Crippen LogP) is 3.64. The number of amides is 1. The van der Waals surface area contributed by atoms with Gasteiger partial charge in [-0.15, -0.1) is 0 Å². The van der Waals surface area contributed by atoms with E-state index in [2.05, 4.69) is 10.4 Å². The highest BCUT2D eigenvalue weighted by Gasteiger charge is 2.16. The van der Waals surface area contributed by atoms with E-state index in [-0.39, 0.29) is 11.9 Å². The minimum atomic E-state index is -0.0989. The normalized spacial score (nSPS) is 12.5. The van der Waals surface area contributed by atoms with Gasteiger partial charge in [-0.2, -0.15) is 5.10 Å². The number of fused-ring (bicyclic) bond motifs is 1. The molecule has 126 valence electrons. The molecule has 1 amide bonds. The summed E-state index contributed by atoms with van der Waals surface area (Å²) in [5, 5.41) is 9.12.